The number of nitrogens with zero attached hydrogens (tertiary/aromatic N) is 4. The smallest absolute Gasteiger partial charge is 0.190 e. The van der Waals surface area contributed by atoms with Crippen molar-refractivity contribution in [2.24, 2.45) is 7.05 Å². The van der Waals surface area contributed by atoms with Crippen molar-refractivity contribution < 1.29 is 9.84 Å². The zero-order valence-corrected chi connectivity index (χ0v) is 12.5. The standard InChI is InChI=1S/C14H16N4O2S/c1-18-10-16-17-14(18)21-9-12(19)8-20-13-4-2-11(3-5-13)6-7-15/h2-5,10,12,19H,6,8-9H2,1H3. The SMILES string of the molecule is Cn1cnnc1SCC(O)COc1ccc(CC#N)cc1. The first-order valence-corrected chi connectivity index (χ1v) is 7.41. The molecule has 0 spiro atoms. The van der Waals surface area contributed by atoms with Crippen molar-refractivity contribution in [3.05, 3.63) is 36.2 Å². The summed E-state index contributed by atoms with van der Waals surface area (Å²) in [5.74, 6) is 1.17. The quantitative estimate of drug-likeness (QED) is 0.779. The predicted octanol–water partition coefficient (Wildman–Crippen LogP) is 1.41. The third kappa shape index (κ3) is 4.77. The van der Waals surface area contributed by atoms with Crippen molar-refractivity contribution in [2.45, 2.75) is 17.7 Å². The van der Waals surface area contributed by atoms with Crippen LogP contribution < -0.4 is 4.74 Å². The number of aliphatic hydroxyl groups is 1. The van der Waals surface area contributed by atoms with Gasteiger partial charge in [-0.2, -0.15) is 5.26 Å². The lowest BCUT2D eigenvalue weighted by Crippen LogP contribution is -2.20. The van der Waals surface area contributed by atoms with E-state index in [4.69, 9.17) is 10.00 Å². The summed E-state index contributed by atoms with van der Waals surface area (Å²) in [7, 11) is 1.86. The minimum Gasteiger partial charge on any atom is -0.491 e. The molecule has 0 saturated carbocycles. The highest BCUT2D eigenvalue weighted by atomic mass is 32.2. The normalized spacial score (nSPS) is 11.9. The summed E-state index contributed by atoms with van der Waals surface area (Å²) in [4.78, 5) is 0. The Morgan fingerprint density at radius 3 is 2.81 bits per heavy atom. The number of rotatable bonds is 7. The summed E-state index contributed by atoms with van der Waals surface area (Å²) in [5.41, 5.74) is 0.947. The minimum absolute atomic E-state index is 0.211. The van der Waals surface area contributed by atoms with Crippen molar-refractivity contribution >= 4 is 11.8 Å². The van der Waals surface area contributed by atoms with Crippen LogP contribution in [-0.2, 0) is 13.5 Å². The monoisotopic (exact) mass is 304 g/mol. The second kappa shape index (κ2) is 7.67. The van der Waals surface area contributed by atoms with Crippen molar-refractivity contribution in [1.29, 1.82) is 5.26 Å². The molecule has 1 heterocycles. The van der Waals surface area contributed by atoms with Gasteiger partial charge in [0.1, 0.15) is 18.7 Å². The number of aliphatic hydroxyl groups excluding tert-OH is 1. The van der Waals surface area contributed by atoms with Gasteiger partial charge in [0.05, 0.1) is 18.6 Å². The number of hydrogen-bond acceptors (Lipinski definition) is 6. The molecule has 0 bridgehead atoms. The summed E-state index contributed by atoms with van der Waals surface area (Å²) in [6.07, 6.45) is 1.41. The molecule has 2 rings (SSSR count). The molecule has 1 aromatic heterocycles. The van der Waals surface area contributed by atoms with Gasteiger partial charge in [0.2, 0.25) is 0 Å². The lowest BCUT2D eigenvalue weighted by Gasteiger charge is -2.12. The molecule has 1 atom stereocenters. The topological polar surface area (TPSA) is 84.0 Å². The number of aromatic nitrogens is 3. The summed E-state index contributed by atoms with van der Waals surface area (Å²) < 4.78 is 7.31. The van der Waals surface area contributed by atoms with E-state index in [-0.39, 0.29) is 6.61 Å². The van der Waals surface area contributed by atoms with Crippen LogP contribution in [0.2, 0.25) is 0 Å². The first-order chi connectivity index (χ1) is 10.2. The molecule has 0 aliphatic rings. The summed E-state index contributed by atoms with van der Waals surface area (Å²) >= 11 is 1.43. The molecule has 1 unspecified atom stereocenters. The highest BCUT2D eigenvalue weighted by Crippen LogP contribution is 2.16. The number of hydrogen-bond donors (Lipinski definition) is 1. The van der Waals surface area contributed by atoms with Crippen molar-refractivity contribution in [3.8, 4) is 11.8 Å². The fraction of sp³-hybridized carbons (Fsp3) is 0.357. The summed E-state index contributed by atoms with van der Waals surface area (Å²) in [6, 6.07) is 9.39. The molecule has 2 aromatic rings. The lowest BCUT2D eigenvalue weighted by molar-refractivity contribution is 0.126. The predicted molar refractivity (Wildman–Crippen MR) is 79.0 cm³/mol. The molecule has 0 amide bonds. The van der Waals surface area contributed by atoms with Crippen LogP contribution in [-0.4, -0.2) is 38.3 Å². The highest BCUT2D eigenvalue weighted by Gasteiger charge is 2.09. The molecule has 0 aliphatic heterocycles. The van der Waals surface area contributed by atoms with Gasteiger partial charge in [0.25, 0.3) is 0 Å². The van der Waals surface area contributed by atoms with Crippen molar-refractivity contribution in [1.82, 2.24) is 14.8 Å². The van der Waals surface area contributed by atoms with E-state index >= 15 is 0 Å². The number of thioether (sulfide) groups is 1. The molecule has 0 fully saturated rings. The fourth-order valence-electron chi connectivity index (χ4n) is 1.61. The Kier molecular flexibility index (Phi) is 5.60. The van der Waals surface area contributed by atoms with Crippen molar-refractivity contribution in [3.63, 3.8) is 0 Å². The van der Waals surface area contributed by atoms with E-state index in [2.05, 4.69) is 16.3 Å². The van der Waals surface area contributed by atoms with Crippen LogP contribution in [0.25, 0.3) is 0 Å². The maximum Gasteiger partial charge on any atom is 0.190 e. The van der Waals surface area contributed by atoms with Gasteiger partial charge >= 0.3 is 0 Å². The van der Waals surface area contributed by atoms with Gasteiger partial charge in [-0.3, -0.25) is 0 Å². The van der Waals surface area contributed by atoms with E-state index in [0.29, 0.717) is 17.9 Å². The Morgan fingerprint density at radius 1 is 1.43 bits per heavy atom. The second-order valence-electron chi connectivity index (χ2n) is 4.48. The van der Waals surface area contributed by atoms with Gasteiger partial charge in [0.15, 0.2) is 5.16 Å². The number of nitriles is 1. The van der Waals surface area contributed by atoms with Crippen LogP contribution in [0, 0.1) is 11.3 Å². The third-order valence-corrected chi connectivity index (χ3v) is 3.90. The van der Waals surface area contributed by atoms with Crippen LogP contribution in [0.3, 0.4) is 0 Å². The molecule has 1 N–H and O–H groups in total. The highest BCUT2D eigenvalue weighted by molar-refractivity contribution is 7.99. The first-order valence-electron chi connectivity index (χ1n) is 6.42. The van der Waals surface area contributed by atoms with E-state index < -0.39 is 6.10 Å². The maximum atomic E-state index is 9.89. The molecule has 110 valence electrons. The Morgan fingerprint density at radius 2 is 2.19 bits per heavy atom. The largest absolute Gasteiger partial charge is 0.491 e. The zero-order valence-electron chi connectivity index (χ0n) is 11.6. The number of aryl methyl sites for hydroxylation is 1. The molecular formula is C14H16N4O2S. The van der Waals surface area contributed by atoms with Crippen LogP contribution in [0.1, 0.15) is 5.56 Å². The van der Waals surface area contributed by atoms with E-state index in [9.17, 15) is 5.11 Å². The average Bonchev–Trinajstić information content (AvgIpc) is 2.90. The van der Waals surface area contributed by atoms with E-state index in [1.807, 2.05) is 19.2 Å². The van der Waals surface area contributed by atoms with E-state index in [1.165, 1.54) is 11.8 Å². The van der Waals surface area contributed by atoms with Crippen LogP contribution in [0.15, 0.2) is 35.7 Å². The fourth-order valence-corrected chi connectivity index (χ4v) is 2.40. The molecular weight excluding hydrogens is 288 g/mol. The summed E-state index contributed by atoms with van der Waals surface area (Å²) in [6.45, 7) is 0.211. The van der Waals surface area contributed by atoms with Gasteiger partial charge in [-0.05, 0) is 17.7 Å². The zero-order chi connectivity index (χ0) is 15.1. The van der Waals surface area contributed by atoms with Crippen LogP contribution in [0.4, 0.5) is 0 Å². The molecule has 0 aliphatic carbocycles. The Hall–Kier alpha value is -2.04. The van der Waals surface area contributed by atoms with Crippen molar-refractivity contribution in [2.75, 3.05) is 12.4 Å². The molecule has 0 saturated heterocycles. The van der Waals surface area contributed by atoms with Gasteiger partial charge in [-0.1, -0.05) is 23.9 Å². The van der Waals surface area contributed by atoms with Crippen LogP contribution in [0.5, 0.6) is 5.75 Å². The summed E-state index contributed by atoms with van der Waals surface area (Å²) in [5, 5.41) is 26.9. The van der Waals surface area contributed by atoms with Gasteiger partial charge in [-0.15, -0.1) is 10.2 Å². The average molecular weight is 304 g/mol. The van der Waals surface area contributed by atoms with E-state index in [0.717, 1.165) is 10.7 Å². The Balaban J connectivity index is 1.74. The molecule has 1 aromatic carbocycles. The lowest BCUT2D eigenvalue weighted by atomic mass is 10.2. The number of ether oxygens (including phenoxy) is 1. The Labute approximate surface area is 127 Å². The van der Waals surface area contributed by atoms with Gasteiger partial charge in [-0.25, -0.2) is 0 Å². The second-order valence-corrected chi connectivity index (χ2v) is 5.47. The minimum atomic E-state index is -0.592. The maximum absolute atomic E-state index is 9.89. The van der Waals surface area contributed by atoms with Gasteiger partial charge in [0, 0.05) is 12.8 Å². The molecule has 21 heavy (non-hydrogen) atoms. The van der Waals surface area contributed by atoms with Crippen LogP contribution >= 0.6 is 11.8 Å². The molecule has 0 radical (unpaired) electrons. The third-order valence-electron chi connectivity index (χ3n) is 2.72. The number of benzene rings is 1. The molecule has 7 heteroatoms. The molecule has 6 nitrogen and oxygen atoms in total. The van der Waals surface area contributed by atoms with Gasteiger partial charge < -0.3 is 14.4 Å². The Bertz CT molecular complexity index is 606. The van der Waals surface area contributed by atoms with E-state index in [1.54, 1.807) is 23.0 Å². The first kappa shape index (κ1) is 15.4.